The van der Waals surface area contributed by atoms with Crippen molar-refractivity contribution in [3.05, 3.63) is 35.7 Å². The Kier molecular flexibility index (Phi) is 2.84. The summed E-state index contributed by atoms with van der Waals surface area (Å²) in [6.07, 6.45) is 6.98. The maximum Gasteiger partial charge on any atom is 0.0401 e. The van der Waals surface area contributed by atoms with Crippen molar-refractivity contribution in [1.29, 1.82) is 0 Å². The Morgan fingerprint density at radius 1 is 1.45 bits per heavy atom. The molecule has 1 heteroatoms. The molecule has 0 spiro atoms. The fourth-order valence-corrected chi connectivity index (χ4v) is 0.936. The van der Waals surface area contributed by atoms with Crippen LogP contribution in [-0.2, 0) is 6.42 Å². The van der Waals surface area contributed by atoms with Gasteiger partial charge in [-0.25, -0.2) is 0 Å². The van der Waals surface area contributed by atoms with Crippen LogP contribution in [0.3, 0.4) is 0 Å². The number of pyridine rings is 1. The van der Waals surface area contributed by atoms with Crippen molar-refractivity contribution in [2.24, 2.45) is 0 Å². The fraction of sp³-hybridized carbons (Fsp3) is 0.300. The Bertz CT molecular complexity index is 234. The van der Waals surface area contributed by atoms with Gasteiger partial charge in [-0.1, -0.05) is 25.1 Å². The van der Waals surface area contributed by atoms with Gasteiger partial charge in [0.25, 0.3) is 0 Å². The van der Waals surface area contributed by atoms with Crippen molar-refractivity contribution < 1.29 is 0 Å². The maximum absolute atomic E-state index is 4.26. The lowest BCUT2D eigenvalue weighted by atomic mass is 10.2. The predicted octanol–water partition coefficient (Wildman–Crippen LogP) is 2.68. The molecule has 0 radical (unpaired) electrons. The van der Waals surface area contributed by atoms with E-state index in [-0.39, 0.29) is 0 Å². The summed E-state index contributed by atoms with van der Waals surface area (Å²) in [4.78, 5) is 4.26. The lowest BCUT2D eigenvalue weighted by Crippen LogP contribution is -1.85. The van der Waals surface area contributed by atoms with E-state index in [1.54, 1.807) is 0 Å². The van der Waals surface area contributed by atoms with Crippen LogP contribution >= 0.6 is 0 Å². The van der Waals surface area contributed by atoms with Crippen molar-refractivity contribution in [2.75, 3.05) is 0 Å². The van der Waals surface area contributed by atoms with Gasteiger partial charge >= 0.3 is 0 Å². The number of hydrogen-bond acceptors (Lipinski definition) is 1. The second-order valence-corrected chi connectivity index (χ2v) is 2.44. The van der Waals surface area contributed by atoms with Gasteiger partial charge < -0.3 is 0 Å². The van der Waals surface area contributed by atoms with Crippen LogP contribution in [0.25, 0.3) is 6.08 Å². The highest BCUT2D eigenvalue weighted by atomic mass is 14.7. The van der Waals surface area contributed by atoms with Crippen LogP contribution in [0.1, 0.15) is 25.1 Å². The first kappa shape index (κ1) is 7.99. The molecule has 0 saturated heterocycles. The zero-order valence-electron chi connectivity index (χ0n) is 7.04. The molecule has 0 amide bonds. The molecule has 0 saturated carbocycles. The number of rotatable bonds is 2. The minimum absolute atomic E-state index is 1.01. The van der Waals surface area contributed by atoms with Crippen LogP contribution in [-0.4, -0.2) is 4.98 Å². The smallest absolute Gasteiger partial charge is 0.0401 e. The first-order valence-electron chi connectivity index (χ1n) is 3.94. The maximum atomic E-state index is 4.26. The van der Waals surface area contributed by atoms with Gasteiger partial charge in [-0.15, -0.1) is 0 Å². The molecule has 0 aliphatic carbocycles. The van der Waals surface area contributed by atoms with Crippen LogP contribution in [0.4, 0.5) is 0 Å². The zero-order chi connectivity index (χ0) is 8.10. The molecule has 1 aromatic heterocycles. The van der Waals surface area contributed by atoms with Gasteiger partial charge in [0.2, 0.25) is 0 Å². The van der Waals surface area contributed by atoms with Gasteiger partial charge in [-0.2, -0.15) is 0 Å². The van der Waals surface area contributed by atoms with E-state index in [1.807, 2.05) is 25.3 Å². The van der Waals surface area contributed by atoms with E-state index in [0.717, 1.165) is 12.1 Å². The monoisotopic (exact) mass is 147 g/mol. The van der Waals surface area contributed by atoms with Crippen molar-refractivity contribution >= 4 is 6.08 Å². The molecule has 11 heavy (non-hydrogen) atoms. The van der Waals surface area contributed by atoms with Crippen molar-refractivity contribution in [1.82, 2.24) is 4.98 Å². The Morgan fingerprint density at radius 3 is 2.73 bits per heavy atom. The van der Waals surface area contributed by atoms with E-state index in [2.05, 4.69) is 24.0 Å². The second-order valence-electron chi connectivity index (χ2n) is 2.44. The minimum Gasteiger partial charge on any atom is -0.261 e. The number of nitrogens with zero attached hydrogens (tertiary/aromatic N) is 1. The highest BCUT2D eigenvalue weighted by Crippen LogP contribution is 2.02. The van der Waals surface area contributed by atoms with E-state index in [9.17, 15) is 0 Å². The quantitative estimate of drug-likeness (QED) is 0.626. The minimum atomic E-state index is 1.01. The second kappa shape index (κ2) is 3.91. The molecule has 1 rings (SSSR count). The lowest BCUT2D eigenvalue weighted by Gasteiger charge is -1.95. The number of aromatic nitrogens is 1. The third-order valence-electron chi connectivity index (χ3n) is 1.57. The zero-order valence-corrected chi connectivity index (χ0v) is 7.04. The number of hydrogen-bond donors (Lipinski definition) is 0. The molecule has 0 aliphatic heterocycles. The van der Waals surface area contributed by atoms with Crippen molar-refractivity contribution in [2.45, 2.75) is 20.3 Å². The highest BCUT2D eigenvalue weighted by Gasteiger charge is 1.88. The molecular weight excluding hydrogens is 134 g/mol. The van der Waals surface area contributed by atoms with Gasteiger partial charge in [0.1, 0.15) is 0 Å². The summed E-state index contributed by atoms with van der Waals surface area (Å²) in [6, 6.07) is 4.15. The molecule has 0 aliphatic rings. The first-order valence-corrected chi connectivity index (χ1v) is 3.94. The van der Waals surface area contributed by atoms with Crippen molar-refractivity contribution in [3.8, 4) is 0 Å². The average molecular weight is 147 g/mol. The summed E-state index contributed by atoms with van der Waals surface area (Å²) in [5.41, 5.74) is 2.32. The number of aryl methyl sites for hydroxylation is 1. The van der Waals surface area contributed by atoms with E-state index in [4.69, 9.17) is 0 Å². The van der Waals surface area contributed by atoms with Gasteiger partial charge in [0.05, 0.1) is 0 Å². The van der Waals surface area contributed by atoms with Crippen LogP contribution in [0, 0.1) is 0 Å². The highest BCUT2D eigenvalue weighted by molar-refractivity contribution is 5.47. The summed E-state index contributed by atoms with van der Waals surface area (Å²) < 4.78 is 0. The van der Waals surface area contributed by atoms with E-state index < -0.39 is 0 Å². The predicted molar refractivity (Wildman–Crippen MR) is 48.3 cm³/mol. The standard InChI is InChI=1S/C10H13N/c1-3-5-9-6-7-10(4-2)11-8-9/h3,5-8H,4H2,1-2H3. The van der Waals surface area contributed by atoms with E-state index >= 15 is 0 Å². The SMILES string of the molecule is CC=Cc1ccc(CC)nc1. The van der Waals surface area contributed by atoms with Gasteiger partial charge in [-0.3, -0.25) is 4.98 Å². The van der Waals surface area contributed by atoms with Crippen LogP contribution < -0.4 is 0 Å². The van der Waals surface area contributed by atoms with Gasteiger partial charge in [0.15, 0.2) is 0 Å². The molecule has 0 unspecified atom stereocenters. The van der Waals surface area contributed by atoms with Crippen LogP contribution in [0.5, 0.6) is 0 Å². The molecule has 1 heterocycles. The fourth-order valence-electron chi connectivity index (χ4n) is 0.936. The lowest BCUT2D eigenvalue weighted by molar-refractivity contribution is 1.03. The average Bonchev–Trinajstić information content (AvgIpc) is 2.07. The third kappa shape index (κ3) is 2.19. The Morgan fingerprint density at radius 2 is 2.27 bits per heavy atom. The molecule has 0 bridgehead atoms. The van der Waals surface area contributed by atoms with Gasteiger partial charge in [0, 0.05) is 11.9 Å². The summed E-state index contributed by atoms with van der Waals surface area (Å²) in [5.74, 6) is 0. The molecule has 0 fully saturated rings. The van der Waals surface area contributed by atoms with E-state index in [0.29, 0.717) is 0 Å². The summed E-state index contributed by atoms with van der Waals surface area (Å²) in [7, 11) is 0. The van der Waals surface area contributed by atoms with E-state index in [1.165, 1.54) is 5.56 Å². The van der Waals surface area contributed by atoms with Crippen LogP contribution in [0.15, 0.2) is 24.4 Å². The Balaban J connectivity index is 2.82. The Hall–Kier alpha value is -1.11. The molecule has 0 aromatic carbocycles. The summed E-state index contributed by atoms with van der Waals surface area (Å²) in [6.45, 7) is 4.12. The molecular formula is C10H13N. The van der Waals surface area contributed by atoms with Crippen LogP contribution in [0.2, 0.25) is 0 Å². The van der Waals surface area contributed by atoms with Gasteiger partial charge in [-0.05, 0) is 25.0 Å². The first-order chi connectivity index (χ1) is 5.36. The van der Waals surface area contributed by atoms with Crippen molar-refractivity contribution in [3.63, 3.8) is 0 Å². The normalized spacial score (nSPS) is 10.7. The summed E-state index contributed by atoms with van der Waals surface area (Å²) in [5, 5.41) is 0. The molecule has 1 aromatic rings. The Labute approximate surface area is 67.8 Å². The molecule has 58 valence electrons. The number of allylic oxidation sites excluding steroid dienone is 1. The molecule has 1 nitrogen and oxygen atoms in total. The largest absolute Gasteiger partial charge is 0.261 e. The third-order valence-corrected chi connectivity index (χ3v) is 1.57. The molecule has 0 N–H and O–H groups in total. The topological polar surface area (TPSA) is 12.9 Å². The molecule has 0 atom stereocenters. The summed E-state index contributed by atoms with van der Waals surface area (Å²) >= 11 is 0.